The Kier molecular flexibility index (Phi) is 9.08. The molecule has 35 heavy (non-hydrogen) atoms. The van der Waals surface area contributed by atoms with Gasteiger partial charge in [0.05, 0.1) is 22.7 Å². The summed E-state index contributed by atoms with van der Waals surface area (Å²) in [5.41, 5.74) is 6.19. The summed E-state index contributed by atoms with van der Waals surface area (Å²) in [5, 5.41) is 4.80. The Morgan fingerprint density at radius 3 is 2.29 bits per heavy atom. The number of halogens is 2. The molecule has 1 N–H and O–H groups in total. The second-order valence-corrected chi connectivity index (χ2v) is 11.0. The molecule has 0 bridgehead atoms. The van der Waals surface area contributed by atoms with Crippen molar-refractivity contribution in [2.45, 2.75) is 32.1 Å². The highest BCUT2D eigenvalue weighted by molar-refractivity contribution is 7.89. The molecular formula is C26H27Cl2N3O3S. The molecule has 0 heterocycles. The molecule has 9 heteroatoms. The van der Waals surface area contributed by atoms with Crippen LogP contribution in [0, 0.1) is 20.8 Å². The molecule has 0 spiro atoms. The highest BCUT2D eigenvalue weighted by Gasteiger charge is 2.29. The highest BCUT2D eigenvalue weighted by Crippen LogP contribution is 2.25. The fraction of sp³-hybridized carbons (Fsp3) is 0.231. The maximum atomic E-state index is 13.7. The zero-order valence-corrected chi connectivity index (χ0v) is 22.1. The summed E-state index contributed by atoms with van der Waals surface area (Å²) in [4.78, 5) is 12.9. The number of hydrogen-bond acceptors (Lipinski definition) is 4. The zero-order chi connectivity index (χ0) is 25.6. The maximum Gasteiger partial charge on any atom is 0.255 e. The molecule has 0 aliphatic heterocycles. The summed E-state index contributed by atoms with van der Waals surface area (Å²) in [6.45, 7) is 5.21. The van der Waals surface area contributed by atoms with E-state index in [-0.39, 0.29) is 18.0 Å². The first-order valence-corrected chi connectivity index (χ1v) is 13.2. The van der Waals surface area contributed by atoms with Crippen molar-refractivity contribution in [3.05, 3.63) is 98.5 Å². The third-order valence-corrected chi connectivity index (χ3v) is 8.08. The van der Waals surface area contributed by atoms with Crippen molar-refractivity contribution in [2.24, 2.45) is 5.10 Å². The van der Waals surface area contributed by atoms with Crippen LogP contribution in [0.25, 0.3) is 0 Å². The first kappa shape index (κ1) is 26.9. The first-order valence-electron chi connectivity index (χ1n) is 11.0. The van der Waals surface area contributed by atoms with Crippen LogP contribution >= 0.6 is 23.2 Å². The lowest BCUT2D eigenvalue weighted by Gasteiger charge is -2.24. The average Bonchev–Trinajstić information content (AvgIpc) is 2.77. The number of amides is 1. The van der Waals surface area contributed by atoms with Crippen molar-refractivity contribution in [1.29, 1.82) is 0 Å². The van der Waals surface area contributed by atoms with E-state index in [2.05, 4.69) is 10.5 Å². The van der Waals surface area contributed by atoms with E-state index in [9.17, 15) is 13.2 Å². The van der Waals surface area contributed by atoms with Gasteiger partial charge < -0.3 is 0 Å². The Labute approximate surface area is 216 Å². The monoisotopic (exact) mass is 531 g/mol. The molecule has 0 unspecified atom stereocenters. The maximum absolute atomic E-state index is 13.7. The number of nitrogens with one attached hydrogen (secondary N) is 1. The second kappa shape index (κ2) is 11.8. The predicted molar refractivity (Wildman–Crippen MR) is 142 cm³/mol. The van der Waals surface area contributed by atoms with Crippen molar-refractivity contribution in [1.82, 2.24) is 9.73 Å². The van der Waals surface area contributed by atoms with Gasteiger partial charge in [-0.2, -0.15) is 9.41 Å². The van der Waals surface area contributed by atoms with Gasteiger partial charge in [0.25, 0.3) is 5.91 Å². The minimum Gasteiger partial charge on any atom is -0.272 e. The van der Waals surface area contributed by atoms with Gasteiger partial charge in [0.15, 0.2) is 0 Å². The lowest BCUT2D eigenvalue weighted by molar-refractivity contribution is -0.121. The molecule has 0 atom stereocenters. The van der Waals surface area contributed by atoms with Crippen LogP contribution in [-0.4, -0.2) is 37.9 Å². The molecule has 3 rings (SSSR count). The van der Waals surface area contributed by atoms with Crippen molar-refractivity contribution in [3.8, 4) is 0 Å². The summed E-state index contributed by atoms with van der Waals surface area (Å²) in [5.74, 6) is -0.564. The Hall–Kier alpha value is -2.71. The lowest BCUT2D eigenvalue weighted by Crippen LogP contribution is -2.41. The third-order valence-electron chi connectivity index (χ3n) is 5.37. The summed E-state index contributed by atoms with van der Waals surface area (Å²) in [7, 11) is -3.95. The zero-order valence-electron chi connectivity index (χ0n) is 19.8. The molecule has 0 aliphatic rings. The van der Waals surface area contributed by atoms with Gasteiger partial charge in [-0.15, -0.1) is 0 Å². The number of carbonyl (C=O) groups is 1. The number of carbonyl (C=O) groups excluding carboxylic acids is 1. The number of nitrogens with zero attached hydrogens (tertiary/aromatic N) is 2. The third kappa shape index (κ3) is 7.15. The van der Waals surface area contributed by atoms with Gasteiger partial charge in [-0.05, 0) is 56.0 Å². The summed E-state index contributed by atoms with van der Waals surface area (Å²) < 4.78 is 28.6. The van der Waals surface area contributed by atoms with E-state index in [4.69, 9.17) is 23.2 Å². The molecule has 6 nitrogen and oxygen atoms in total. The minimum atomic E-state index is -3.95. The number of aryl methyl sites for hydroxylation is 3. The van der Waals surface area contributed by atoms with Crippen molar-refractivity contribution >= 4 is 45.3 Å². The summed E-state index contributed by atoms with van der Waals surface area (Å²) in [6.07, 6.45) is 1.84. The summed E-state index contributed by atoms with van der Waals surface area (Å²) >= 11 is 12.0. The highest BCUT2D eigenvalue weighted by atomic mass is 35.5. The Bertz CT molecular complexity index is 1320. The Balaban J connectivity index is 1.82. The van der Waals surface area contributed by atoms with Gasteiger partial charge in [-0.3, -0.25) is 4.79 Å². The molecule has 3 aromatic carbocycles. The van der Waals surface area contributed by atoms with Crippen molar-refractivity contribution in [2.75, 3.05) is 13.1 Å². The van der Waals surface area contributed by atoms with Gasteiger partial charge in [0.1, 0.15) is 0 Å². The van der Waals surface area contributed by atoms with Crippen LogP contribution in [0.5, 0.6) is 0 Å². The molecule has 0 fully saturated rings. The van der Waals surface area contributed by atoms with E-state index in [0.29, 0.717) is 33.2 Å². The van der Waals surface area contributed by atoms with E-state index in [1.165, 1.54) is 10.5 Å². The number of hydrogen-bond donors (Lipinski definition) is 1. The Morgan fingerprint density at radius 1 is 1.00 bits per heavy atom. The molecule has 0 saturated carbocycles. The van der Waals surface area contributed by atoms with Crippen LogP contribution < -0.4 is 5.43 Å². The van der Waals surface area contributed by atoms with Crippen LogP contribution in [0.1, 0.15) is 27.8 Å². The molecule has 3 aromatic rings. The van der Waals surface area contributed by atoms with E-state index >= 15 is 0 Å². The van der Waals surface area contributed by atoms with Gasteiger partial charge in [-0.1, -0.05) is 77.3 Å². The molecule has 0 saturated heterocycles. The quantitative estimate of drug-likeness (QED) is 0.300. The first-order chi connectivity index (χ1) is 16.6. The minimum absolute atomic E-state index is 0.138. The fourth-order valence-corrected chi connectivity index (χ4v) is 6.13. The standard InChI is InChI=1S/C26H27Cl2N3O3S/c1-18-13-19(2)26(20(3)14-18)35(33,34)31(12-11-21-7-5-4-6-8-21)17-25(32)30-29-16-22-9-10-23(27)15-24(22)28/h4-10,13-16H,11-12,17H2,1-3H3,(H,30,32)/b29-16+. The van der Waals surface area contributed by atoms with E-state index < -0.39 is 15.9 Å². The normalized spacial score (nSPS) is 11.8. The van der Waals surface area contributed by atoms with E-state index in [0.717, 1.165) is 11.1 Å². The molecular weight excluding hydrogens is 505 g/mol. The van der Waals surface area contributed by atoms with E-state index in [1.807, 2.05) is 49.4 Å². The molecule has 1 amide bonds. The molecule has 184 valence electrons. The van der Waals surface area contributed by atoms with Crippen LogP contribution in [0.15, 0.2) is 70.7 Å². The molecule has 0 aromatic heterocycles. The molecule has 0 aliphatic carbocycles. The van der Waals surface area contributed by atoms with E-state index in [1.54, 1.807) is 32.0 Å². The van der Waals surface area contributed by atoms with Crippen LogP contribution in [0.2, 0.25) is 10.0 Å². The fourth-order valence-electron chi connectivity index (χ4n) is 3.86. The van der Waals surface area contributed by atoms with Gasteiger partial charge >= 0.3 is 0 Å². The SMILES string of the molecule is Cc1cc(C)c(S(=O)(=O)N(CCc2ccccc2)CC(=O)N/N=C/c2ccc(Cl)cc2Cl)c(C)c1. The van der Waals surface area contributed by atoms with Crippen molar-refractivity contribution < 1.29 is 13.2 Å². The number of hydrazone groups is 1. The van der Waals surface area contributed by atoms with Crippen molar-refractivity contribution in [3.63, 3.8) is 0 Å². The average molecular weight is 532 g/mol. The number of rotatable bonds is 9. The predicted octanol–water partition coefficient (Wildman–Crippen LogP) is 5.30. The Morgan fingerprint density at radius 2 is 1.66 bits per heavy atom. The number of sulfonamides is 1. The topological polar surface area (TPSA) is 78.8 Å². The second-order valence-electron chi connectivity index (χ2n) is 8.26. The van der Waals surface area contributed by atoms with Crippen LogP contribution in [-0.2, 0) is 21.2 Å². The number of benzene rings is 3. The molecule has 0 radical (unpaired) electrons. The smallest absolute Gasteiger partial charge is 0.255 e. The van der Waals surface area contributed by atoms with Gasteiger partial charge in [0.2, 0.25) is 10.0 Å². The van der Waals surface area contributed by atoms with Gasteiger partial charge in [0, 0.05) is 17.1 Å². The largest absolute Gasteiger partial charge is 0.272 e. The van der Waals surface area contributed by atoms with Gasteiger partial charge in [-0.25, -0.2) is 13.8 Å². The van der Waals surface area contributed by atoms with Crippen LogP contribution in [0.3, 0.4) is 0 Å². The van der Waals surface area contributed by atoms with Crippen LogP contribution in [0.4, 0.5) is 0 Å². The summed E-state index contributed by atoms with van der Waals surface area (Å²) in [6, 6.07) is 18.1. The lowest BCUT2D eigenvalue weighted by atomic mass is 10.1.